The zero-order valence-electron chi connectivity index (χ0n) is 13.8. The number of benzene rings is 1. The molecule has 0 aliphatic rings. The van der Waals surface area contributed by atoms with Gasteiger partial charge in [-0.15, -0.1) is 0 Å². The van der Waals surface area contributed by atoms with E-state index in [2.05, 4.69) is 4.57 Å². The van der Waals surface area contributed by atoms with Gasteiger partial charge < -0.3 is 19.9 Å². The van der Waals surface area contributed by atoms with E-state index in [1.54, 1.807) is 21.3 Å². The van der Waals surface area contributed by atoms with Crippen molar-refractivity contribution in [2.24, 2.45) is 5.73 Å². The van der Waals surface area contributed by atoms with E-state index >= 15 is 0 Å². The highest BCUT2D eigenvalue weighted by Crippen LogP contribution is 2.38. The molecule has 23 heavy (non-hydrogen) atoms. The first-order valence-electron chi connectivity index (χ1n) is 7.39. The van der Waals surface area contributed by atoms with Gasteiger partial charge in [0.05, 0.1) is 27.9 Å². The second-order valence-corrected chi connectivity index (χ2v) is 4.95. The number of aromatic nitrogens is 1. The quantitative estimate of drug-likeness (QED) is 0.795. The standard InChI is InChI=1S/C18H23N2O3/c1-21-16-12-15(13-17(22-2)18(16)23-3)5-4-14-6-9-20(10-7-14)11-8-19/h4-7,9-10,12-13H,8,11,19H2,1-3H3/q+1/b5-4+. The number of ether oxygens (including phenoxy) is 3. The average Bonchev–Trinajstić information content (AvgIpc) is 2.60. The fraction of sp³-hybridized carbons (Fsp3) is 0.278. The Hall–Kier alpha value is -2.53. The lowest BCUT2D eigenvalue weighted by atomic mass is 10.1. The van der Waals surface area contributed by atoms with E-state index in [1.165, 1.54) is 0 Å². The summed E-state index contributed by atoms with van der Waals surface area (Å²) in [5.41, 5.74) is 7.62. The van der Waals surface area contributed by atoms with Crippen LogP contribution in [-0.4, -0.2) is 27.9 Å². The summed E-state index contributed by atoms with van der Waals surface area (Å²) in [6.07, 6.45) is 8.07. The lowest BCUT2D eigenvalue weighted by Gasteiger charge is -2.12. The van der Waals surface area contributed by atoms with Gasteiger partial charge in [0.15, 0.2) is 30.4 Å². The molecule has 0 spiro atoms. The minimum atomic E-state index is 0.592. The molecule has 5 heteroatoms. The van der Waals surface area contributed by atoms with Gasteiger partial charge in [-0.2, -0.15) is 0 Å². The maximum Gasteiger partial charge on any atom is 0.203 e. The third-order valence-electron chi connectivity index (χ3n) is 3.46. The van der Waals surface area contributed by atoms with Crippen LogP contribution in [0, 0.1) is 0 Å². The molecule has 0 radical (unpaired) electrons. The van der Waals surface area contributed by atoms with Crippen LogP contribution in [0.25, 0.3) is 12.2 Å². The van der Waals surface area contributed by atoms with Gasteiger partial charge in [0.2, 0.25) is 5.75 Å². The molecule has 0 fully saturated rings. The molecule has 0 aliphatic carbocycles. The zero-order valence-corrected chi connectivity index (χ0v) is 13.8. The van der Waals surface area contributed by atoms with Gasteiger partial charge in [0.25, 0.3) is 0 Å². The summed E-state index contributed by atoms with van der Waals surface area (Å²) in [5.74, 6) is 1.87. The SMILES string of the molecule is COc1cc(/C=C/c2cc[n+](CCN)cc2)cc(OC)c1OC. The number of hydrogen-bond acceptors (Lipinski definition) is 4. The number of nitrogens with two attached hydrogens (primary N) is 1. The highest BCUT2D eigenvalue weighted by Gasteiger charge is 2.11. The topological polar surface area (TPSA) is 57.6 Å². The van der Waals surface area contributed by atoms with Crippen molar-refractivity contribution >= 4 is 12.2 Å². The minimum absolute atomic E-state index is 0.592. The van der Waals surface area contributed by atoms with E-state index in [-0.39, 0.29) is 0 Å². The molecule has 1 aromatic heterocycles. The second-order valence-electron chi connectivity index (χ2n) is 4.95. The van der Waals surface area contributed by atoms with Crippen LogP contribution in [0.4, 0.5) is 0 Å². The molecule has 0 aliphatic heterocycles. The van der Waals surface area contributed by atoms with Gasteiger partial charge in [0.1, 0.15) is 0 Å². The maximum absolute atomic E-state index is 5.54. The van der Waals surface area contributed by atoms with E-state index in [9.17, 15) is 0 Å². The summed E-state index contributed by atoms with van der Waals surface area (Å²) in [5, 5.41) is 0. The van der Waals surface area contributed by atoms with Crippen LogP contribution in [0.3, 0.4) is 0 Å². The largest absolute Gasteiger partial charge is 0.493 e. The Kier molecular flexibility index (Phi) is 6.00. The smallest absolute Gasteiger partial charge is 0.203 e. The van der Waals surface area contributed by atoms with Crippen LogP contribution in [-0.2, 0) is 6.54 Å². The monoisotopic (exact) mass is 315 g/mol. The molecule has 0 bridgehead atoms. The van der Waals surface area contributed by atoms with Gasteiger partial charge in [-0.25, -0.2) is 4.57 Å². The molecular weight excluding hydrogens is 292 g/mol. The fourth-order valence-corrected chi connectivity index (χ4v) is 2.27. The predicted octanol–water partition coefficient (Wildman–Crippen LogP) is 2.13. The average molecular weight is 315 g/mol. The normalized spacial score (nSPS) is 10.8. The summed E-state index contributed by atoms with van der Waals surface area (Å²) in [6.45, 7) is 1.45. The molecule has 5 nitrogen and oxygen atoms in total. The molecule has 0 saturated carbocycles. The van der Waals surface area contributed by atoms with E-state index in [0.29, 0.717) is 23.8 Å². The number of nitrogens with zero attached hydrogens (tertiary/aromatic N) is 1. The van der Waals surface area contributed by atoms with Crippen LogP contribution < -0.4 is 24.5 Å². The second kappa shape index (κ2) is 8.19. The van der Waals surface area contributed by atoms with Crippen molar-refractivity contribution in [1.82, 2.24) is 0 Å². The van der Waals surface area contributed by atoms with Crippen LogP contribution in [0.15, 0.2) is 36.7 Å². The Morgan fingerprint density at radius 1 is 0.913 bits per heavy atom. The first-order valence-corrected chi connectivity index (χ1v) is 7.39. The van der Waals surface area contributed by atoms with E-state index in [0.717, 1.165) is 17.7 Å². The predicted molar refractivity (Wildman–Crippen MR) is 90.7 cm³/mol. The fourth-order valence-electron chi connectivity index (χ4n) is 2.27. The summed E-state index contributed by atoms with van der Waals surface area (Å²) >= 11 is 0. The lowest BCUT2D eigenvalue weighted by Crippen LogP contribution is -2.36. The summed E-state index contributed by atoms with van der Waals surface area (Å²) in [4.78, 5) is 0. The molecule has 0 saturated heterocycles. The zero-order chi connectivity index (χ0) is 16.7. The van der Waals surface area contributed by atoms with Crippen molar-refractivity contribution in [1.29, 1.82) is 0 Å². The van der Waals surface area contributed by atoms with Gasteiger partial charge >= 0.3 is 0 Å². The maximum atomic E-state index is 5.54. The van der Waals surface area contributed by atoms with Crippen LogP contribution >= 0.6 is 0 Å². The molecule has 0 unspecified atom stereocenters. The van der Waals surface area contributed by atoms with Gasteiger partial charge in [-0.05, 0) is 23.3 Å². The molecule has 2 N–H and O–H groups in total. The van der Waals surface area contributed by atoms with Gasteiger partial charge in [0, 0.05) is 12.1 Å². The van der Waals surface area contributed by atoms with Crippen LogP contribution in [0.5, 0.6) is 17.2 Å². The first-order chi connectivity index (χ1) is 11.2. The van der Waals surface area contributed by atoms with Crippen molar-refractivity contribution in [2.75, 3.05) is 27.9 Å². The summed E-state index contributed by atoms with van der Waals surface area (Å²) < 4.78 is 18.1. The molecule has 1 aromatic carbocycles. The number of rotatable bonds is 7. The van der Waals surface area contributed by atoms with Crippen molar-refractivity contribution in [3.05, 3.63) is 47.8 Å². The Morgan fingerprint density at radius 3 is 1.96 bits per heavy atom. The van der Waals surface area contributed by atoms with Crippen molar-refractivity contribution < 1.29 is 18.8 Å². The number of methoxy groups -OCH3 is 3. The molecular formula is C18H23N2O3+. The van der Waals surface area contributed by atoms with Crippen molar-refractivity contribution in [3.63, 3.8) is 0 Å². The molecule has 2 rings (SSSR count). The molecule has 2 aromatic rings. The summed E-state index contributed by atoms with van der Waals surface area (Å²) in [7, 11) is 4.81. The van der Waals surface area contributed by atoms with Gasteiger partial charge in [-0.3, -0.25) is 0 Å². The summed E-state index contributed by atoms with van der Waals surface area (Å²) in [6, 6.07) is 7.92. The first kappa shape index (κ1) is 16.8. The molecule has 0 atom stereocenters. The van der Waals surface area contributed by atoms with Gasteiger partial charge in [-0.1, -0.05) is 12.2 Å². The van der Waals surface area contributed by atoms with E-state index in [4.69, 9.17) is 19.9 Å². The Balaban J connectivity index is 2.24. The van der Waals surface area contributed by atoms with E-state index in [1.807, 2.05) is 48.8 Å². The van der Waals surface area contributed by atoms with Crippen molar-refractivity contribution in [3.8, 4) is 17.2 Å². The highest BCUT2D eigenvalue weighted by molar-refractivity contribution is 5.72. The van der Waals surface area contributed by atoms with Crippen LogP contribution in [0.1, 0.15) is 11.1 Å². The minimum Gasteiger partial charge on any atom is -0.493 e. The molecule has 122 valence electrons. The molecule has 0 amide bonds. The lowest BCUT2D eigenvalue weighted by molar-refractivity contribution is -0.694. The Labute approximate surface area is 136 Å². The molecule has 1 heterocycles. The Morgan fingerprint density at radius 2 is 1.48 bits per heavy atom. The third kappa shape index (κ3) is 4.23. The number of pyridine rings is 1. The highest BCUT2D eigenvalue weighted by atomic mass is 16.5. The van der Waals surface area contributed by atoms with E-state index < -0.39 is 0 Å². The van der Waals surface area contributed by atoms with Crippen LogP contribution in [0.2, 0.25) is 0 Å². The third-order valence-corrected chi connectivity index (χ3v) is 3.46. The Bertz CT molecular complexity index is 641. The number of hydrogen-bond donors (Lipinski definition) is 1. The van der Waals surface area contributed by atoms with Crippen molar-refractivity contribution in [2.45, 2.75) is 6.54 Å².